The van der Waals surface area contributed by atoms with Crippen molar-refractivity contribution < 1.29 is 4.74 Å². The first-order chi connectivity index (χ1) is 9.05. The van der Waals surface area contributed by atoms with Crippen molar-refractivity contribution in [3.05, 3.63) is 23.4 Å². The minimum absolute atomic E-state index is 0.116. The second-order valence-corrected chi connectivity index (χ2v) is 7.72. The van der Waals surface area contributed by atoms with Crippen LogP contribution in [0.25, 0.3) is 0 Å². The van der Waals surface area contributed by atoms with Crippen LogP contribution in [0, 0.1) is 12.3 Å². The van der Waals surface area contributed by atoms with Crippen LogP contribution in [0.5, 0.6) is 5.88 Å². The van der Waals surface area contributed by atoms with Crippen molar-refractivity contribution in [2.45, 2.75) is 67.0 Å². The molecule has 0 radical (unpaired) electrons. The van der Waals surface area contributed by atoms with E-state index in [1.807, 2.05) is 13.0 Å². The van der Waals surface area contributed by atoms with Crippen molar-refractivity contribution in [3.8, 4) is 5.88 Å². The molecule has 0 amide bonds. The molecule has 0 atom stereocenters. The van der Waals surface area contributed by atoms with E-state index >= 15 is 0 Å². The second-order valence-electron chi connectivity index (χ2n) is 7.72. The Labute approximate surface area is 124 Å². The lowest BCUT2D eigenvalue weighted by Gasteiger charge is -2.21. The number of hydrogen-bond donors (Lipinski definition) is 1. The van der Waals surface area contributed by atoms with E-state index in [1.165, 1.54) is 5.56 Å². The normalized spacial score (nSPS) is 12.6. The van der Waals surface area contributed by atoms with Crippen LogP contribution in [0.15, 0.2) is 12.1 Å². The largest absolute Gasteiger partial charge is 0.478 e. The number of rotatable bonds is 5. The second kappa shape index (κ2) is 6.57. The Balaban J connectivity index is 2.62. The SMILES string of the molecule is Cc1cc(CNC(C)(C)C)cc(OCCC(C)(C)C)n1. The molecule has 0 saturated carbocycles. The number of aromatic nitrogens is 1. The van der Waals surface area contributed by atoms with Gasteiger partial charge in [-0.1, -0.05) is 20.8 Å². The van der Waals surface area contributed by atoms with Crippen molar-refractivity contribution in [2.24, 2.45) is 5.41 Å². The minimum Gasteiger partial charge on any atom is -0.478 e. The van der Waals surface area contributed by atoms with Crippen LogP contribution in [0.2, 0.25) is 0 Å². The fourth-order valence-corrected chi connectivity index (χ4v) is 1.71. The molecule has 1 aromatic heterocycles. The molecule has 1 N–H and O–H groups in total. The highest BCUT2D eigenvalue weighted by molar-refractivity contribution is 5.24. The van der Waals surface area contributed by atoms with E-state index in [0.29, 0.717) is 12.0 Å². The average molecular weight is 278 g/mol. The van der Waals surface area contributed by atoms with Gasteiger partial charge in [-0.2, -0.15) is 0 Å². The van der Waals surface area contributed by atoms with E-state index in [9.17, 15) is 0 Å². The molecule has 0 fully saturated rings. The minimum atomic E-state index is 0.116. The maximum absolute atomic E-state index is 5.80. The van der Waals surface area contributed by atoms with Crippen molar-refractivity contribution >= 4 is 0 Å². The summed E-state index contributed by atoms with van der Waals surface area (Å²) in [5.41, 5.74) is 2.63. The topological polar surface area (TPSA) is 34.1 Å². The number of hydrogen-bond acceptors (Lipinski definition) is 3. The van der Waals surface area contributed by atoms with Gasteiger partial charge < -0.3 is 10.1 Å². The van der Waals surface area contributed by atoms with Crippen molar-refractivity contribution in [1.29, 1.82) is 0 Å². The van der Waals surface area contributed by atoms with Gasteiger partial charge in [0.25, 0.3) is 0 Å². The third kappa shape index (κ3) is 7.49. The summed E-state index contributed by atoms with van der Waals surface area (Å²) < 4.78 is 5.80. The lowest BCUT2D eigenvalue weighted by Crippen LogP contribution is -2.35. The van der Waals surface area contributed by atoms with Gasteiger partial charge in [0, 0.05) is 23.8 Å². The van der Waals surface area contributed by atoms with E-state index in [0.717, 1.165) is 24.5 Å². The first kappa shape index (κ1) is 17.0. The summed E-state index contributed by atoms with van der Waals surface area (Å²) in [7, 11) is 0. The van der Waals surface area contributed by atoms with E-state index in [4.69, 9.17) is 4.74 Å². The summed E-state index contributed by atoms with van der Waals surface area (Å²) in [4.78, 5) is 4.45. The molecule has 0 aliphatic heterocycles. The molecule has 1 heterocycles. The number of pyridine rings is 1. The van der Waals surface area contributed by atoms with Crippen LogP contribution in [0.1, 0.15) is 59.2 Å². The zero-order chi connectivity index (χ0) is 15.4. The summed E-state index contributed by atoms with van der Waals surface area (Å²) in [6, 6.07) is 4.14. The van der Waals surface area contributed by atoms with Crippen LogP contribution < -0.4 is 10.1 Å². The fraction of sp³-hybridized carbons (Fsp3) is 0.706. The lowest BCUT2D eigenvalue weighted by atomic mass is 9.93. The monoisotopic (exact) mass is 278 g/mol. The molecule has 1 aromatic rings. The highest BCUT2D eigenvalue weighted by Crippen LogP contribution is 2.20. The molecular weight excluding hydrogens is 248 g/mol. The van der Waals surface area contributed by atoms with Gasteiger partial charge >= 0.3 is 0 Å². The van der Waals surface area contributed by atoms with Gasteiger partial charge in [-0.15, -0.1) is 0 Å². The summed E-state index contributed by atoms with van der Waals surface area (Å²) >= 11 is 0. The molecule has 0 saturated heterocycles. The molecule has 0 unspecified atom stereocenters. The Bertz CT molecular complexity index is 428. The maximum atomic E-state index is 5.80. The smallest absolute Gasteiger partial charge is 0.213 e. The number of nitrogens with one attached hydrogen (secondary N) is 1. The highest BCUT2D eigenvalue weighted by Gasteiger charge is 2.12. The van der Waals surface area contributed by atoms with Crippen LogP contribution >= 0.6 is 0 Å². The number of nitrogens with zero attached hydrogens (tertiary/aromatic N) is 1. The van der Waals surface area contributed by atoms with Crippen molar-refractivity contribution in [2.75, 3.05) is 6.61 Å². The molecule has 0 aromatic carbocycles. The van der Waals surface area contributed by atoms with Gasteiger partial charge in [-0.3, -0.25) is 0 Å². The van der Waals surface area contributed by atoms with Crippen LogP contribution in [-0.2, 0) is 6.54 Å². The fourth-order valence-electron chi connectivity index (χ4n) is 1.71. The third-order valence-electron chi connectivity index (χ3n) is 2.91. The van der Waals surface area contributed by atoms with Crippen LogP contribution in [0.3, 0.4) is 0 Å². The summed E-state index contributed by atoms with van der Waals surface area (Å²) in [6.45, 7) is 16.7. The number of aryl methyl sites for hydroxylation is 1. The van der Waals surface area contributed by atoms with Crippen LogP contribution in [0.4, 0.5) is 0 Å². The zero-order valence-electron chi connectivity index (χ0n) is 14.1. The van der Waals surface area contributed by atoms with E-state index in [1.54, 1.807) is 0 Å². The highest BCUT2D eigenvalue weighted by atomic mass is 16.5. The number of ether oxygens (including phenoxy) is 1. The van der Waals surface area contributed by atoms with E-state index in [-0.39, 0.29) is 5.54 Å². The lowest BCUT2D eigenvalue weighted by molar-refractivity contribution is 0.236. The summed E-state index contributed by atoms with van der Waals surface area (Å²) in [6.07, 6.45) is 1.03. The van der Waals surface area contributed by atoms with E-state index < -0.39 is 0 Å². The molecule has 0 spiro atoms. The molecule has 20 heavy (non-hydrogen) atoms. The Morgan fingerprint density at radius 2 is 1.75 bits per heavy atom. The van der Waals surface area contributed by atoms with Gasteiger partial charge in [0.1, 0.15) is 0 Å². The summed E-state index contributed by atoms with van der Waals surface area (Å²) in [5.74, 6) is 0.736. The first-order valence-electron chi connectivity index (χ1n) is 7.41. The average Bonchev–Trinajstić information content (AvgIpc) is 2.23. The molecule has 3 heteroatoms. The zero-order valence-corrected chi connectivity index (χ0v) is 14.1. The Morgan fingerprint density at radius 1 is 1.10 bits per heavy atom. The summed E-state index contributed by atoms with van der Waals surface area (Å²) in [5, 5.41) is 3.49. The molecule has 0 aliphatic rings. The van der Waals surface area contributed by atoms with Crippen LogP contribution in [-0.4, -0.2) is 17.1 Å². The molecular formula is C17H30N2O. The Kier molecular flexibility index (Phi) is 5.58. The Hall–Kier alpha value is -1.09. The van der Waals surface area contributed by atoms with Crippen molar-refractivity contribution in [3.63, 3.8) is 0 Å². The van der Waals surface area contributed by atoms with Gasteiger partial charge in [-0.05, 0) is 51.2 Å². The maximum Gasteiger partial charge on any atom is 0.213 e. The van der Waals surface area contributed by atoms with Gasteiger partial charge in [-0.25, -0.2) is 4.98 Å². The van der Waals surface area contributed by atoms with E-state index in [2.05, 4.69) is 57.9 Å². The molecule has 0 bridgehead atoms. The van der Waals surface area contributed by atoms with Gasteiger partial charge in [0.05, 0.1) is 6.61 Å². The molecule has 114 valence electrons. The molecule has 1 rings (SSSR count). The first-order valence-corrected chi connectivity index (χ1v) is 7.41. The predicted octanol–water partition coefficient (Wildman–Crippen LogP) is 4.09. The quantitative estimate of drug-likeness (QED) is 0.880. The molecule has 0 aliphatic carbocycles. The third-order valence-corrected chi connectivity index (χ3v) is 2.91. The van der Waals surface area contributed by atoms with Gasteiger partial charge in [0.2, 0.25) is 5.88 Å². The molecule has 3 nitrogen and oxygen atoms in total. The standard InChI is InChI=1S/C17H30N2O/c1-13-10-14(12-18-17(5,6)7)11-15(19-13)20-9-8-16(2,3)4/h10-11,18H,8-9,12H2,1-7H3. The Morgan fingerprint density at radius 3 is 2.30 bits per heavy atom. The van der Waals surface area contributed by atoms with Gasteiger partial charge in [0.15, 0.2) is 0 Å². The van der Waals surface area contributed by atoms with Crippen molar-refractivity contribution in [1.82, 2.24) is 10.3 Å². The predicted molar refractivity (Wildman–Crippen MR) is 85.1 cm³/mol.